The van der Waals surface area contributed by atoms with Crippen molar-refractivity contribution in [1.29, 1.82) is 0 Å². The summed E-state index contributed by atoms with van der Waals surface area (Å²) in [6.07, 6.45) is 2.76. The molecule has 0 aromatic rings. The zero-order valence-electron chi connectivity index (χ0n) is 12.2. The standard InChI is InChI=1S/C14H29N3O/c1-4-17(5-2)14(18)7-6-8-16-10-12(3)9-13(15)11-16/h12-13H,4-11,15H2,1-3H3. The number of nitrogens with two attached hydrogens (primary N) is 1. The minimum atomic E-state index is 0.286. The molecule has 1 aliphatic heterocycles. The van der Waals surface area contributed by atoms with Crippen molar-refractivity contribution in [2.75, 3.05) is 32.7 Å². The first-order valence-corrected chi connectivity index (χ1v) is 7.32. The van der Waals surface area contributed by atoms with Crippen LogP contribution in [-0.2, 0) is 4.79 Å². The molecule has 1 fully saturated rings. The van der Waals surface area contributed by atoms with E-state index in [4.69, 9.17) is 5.73 Å². The Bertz CT molecular complexity index is 243. The molecule has 1 aliphatic rings. The number of hydrogen-bond donors (Lipinski definition) is 1. The lowest BCUT2D eigenvalue weighted by atomic mass is 9.96. The highest BCUT2D eigenvalue weighted by molar-refractivity contribution is 5.76. The van der Waals surface area contributed by atoms with Gasteiger partial charge in [0.05, 0.1) is 0 Å². The Morgan fingerprint density at radius 1 is 1.33 bits per heavy atom. The second-order valence-corrected chi connectivity index (χ2v) is 5.53. The minimum absolute atomic E-state index is 0.286. The van der Waals surface area contributed by atoms with Crippen LogP contribution in [0.3, 0.4) is 0 Å². The maximum absolute atomic E-state index is 11.9. The summed E-state index contributed by atoms with van der Waals surface area (Å²) in [4.78, 5) is 16.2. The molecular weight excluding hydrogens is 226 g/mol. The topological polar surface area (TPSA) is 49.6 Å². The molecule has 2 unspecified atom stereocenters. The van der Waals surface area contributed by atoms with Crippen molar-refractivity contribution in [1.82, 2.24) is 9.80 Å². The molecule has 0 spiro atoms. The highest BCUT2D eigenvalue weighted by Crippen LogP contribution is 2.15. The van der Waals surface area contributed by atoms with Gasteiger partial charge in [0.2, 0.25) is 5.91 Å². The molecule has 18 heavy (non-hydrogen) atoms. The van der Waals surface area contributed by atoms with Crippen LogP contribution in [0.25, 0.3) is 0 Å². The molecule has 0 saturated carbocycles. The fourth-order valence-corrected chi connectivity index (χ4v) is 2.88. The van der Waals surface area contributed by atoms with Crippen molar-refractivity contribution in [2.24, 2.45) is 11.7 Å². The summed E-state index contributed by atoms with van der Waals surface area (Å²) in [7, 11) is 0. The Hall–Kier alpha value is -0.610. The van der Waals surface area contributed by atoms with E-state index in [1.165, 1.54) is 0 Å². The van der Waals surface area contributed by atoms with Gasteiger partial charge in [0.1, 0.15) is 0 Å². The summed E-state index contributed by atoms with van der Waals surface area (Å²) >= 11 is 0. The van der Waals surface area contributed by atoms with Crippen LogP contribution in [0.5, 0.6) is 0 Å². The average molecular weight is 255 g/mol. The molecule has 0 bridgehead atoms. The van der Waals surface area contributed by atoms with Gasteiger partial charge >= 0.3 is 0 Å². The maximum atomic E-state index is 11.9. The first-order valence-electron chi connectivity index (χ1n) is 7.32. The van der Waals surface area contributed by atoms with Gasteiger partial charge in [-0.15, -0.1) is 0 Å². The SMILES string of the molecule is CCN(CC)C(=O)CCCN1CC(C)CC(N)C1. The van der Waals surface area contributed by atoms with Crippen molar-refractivity contribution in [3.05, 3.63) is 0 Å². The minimum Gasteiger partial charge on any atom is -0.343 e. The lowest BCUT2D eigenvalue weighted by Crippen LogP contribution is -2.46. The molecule has 4 heteroatoms. The number of carbonyl (C=O) groups excluding carboxylic acids is 1. The average Bonchev–Trinajstić information content (AvgIpc) is 2.29. The van der Waals surface area contributed by atoms with E-state index >= 15 is 0 Å². The van der Waals surface area contributed by atoms with Gasteiger partial charge in [-0.2, -0.15) is 0 Å². The Labute approximate surface area is 111 Å². The third kappa shape index (κ3) is 4.94. The van der Waals surface area contributed by atoms with E-state index in [0.717, 1.165) is 45.6 Å². The fraction of sp³-hybridized carbons (Fsp3) is 0.929. The zero-order valence-corrected chi connectivity index (χ0v) is 12.2. The molecule has 1 amide bonds. The van der Waals surface area contributed by atoms with E-state index in [-0.39, 0.29) is 5.91 Å². The van der Waals surface area contributed by atoms with Gasteiger partial charge in [0.15, 0.2) is 0 Å². The van der Waals surface area contributed by atoms with Gasteiger partial charge in [-0.3, -0.25) is 4.79 Å². The van der Waals surface area contributed by atoms with Crippen LogP contribution in [0, 0.1) is 5.92 Å². The molecular formula is C14H29N3O. The Balaban J connectivity index is 2.22. The summed E-state index contributed by atoms with van der Waals surface area (Å²) in [6, 6.07) is 0.312. The van der Waals surface area contributed by atoms with Gasteiger partial charge in [-0.25, -0.2) is 0 Å². The van der Waals surface area contributed by atoms with Crippen LogP contribution >= 0.6 is 0 Å². The number of carbonyl (C=O) groups is 1. The molecule has 1 heterocycles. The number of piperidine rings is 1. The van der Waals surface area contributed by atoms with Crippen LogP contribution in [0.1, 0.15) is 40.0 Å². The van der Waals surface area contributed by atoms with Crippen molar-refractivity contribution < 1.29 is 4.79 Å². The molecule has 4 nitrogen and oxygen atoms in total. The van der Waals surface area contributed by atoms with Crippen molar-refractivity contribution in [3.8, 4) is 0 Å². The number of nitrogens with zero attached hydrogens (tertiary/aromatic N) is 2. The fourth-order valence-electron chi connectivity index (χ4n) is 2.88. The lowest BCUT2D eigenvalue weighted by Gasteiger charge is -2.34. The van der Waals surface area contributed by atoms with Gasteiger partial charge in [0.25, 0.3) is 0 Å². The predicted molar refractivity (Wildman–Crippen MR) is 75.4 cm³/mol. The van der Waals surface area contributed by atoms with Crippen LogP contribution in [0.2, 0.25) is 0 Å². The summed E-state index contributed by atoms with van der Waals surface area (Å²) in [5.74, 6) is 0.974. The first-order chi connectivity index (χ1) is 8.56. The van der Waals surface area contributed by atoms with E-state index in [1.807, 2.05) is 18.7 Å². The summed E-state index contributed by atoms with van der Waals surface area (Å²) in [5.41, 5.74) is 6.02. The van der Waals surface area contributed by atoms with Crippen molar-refractivity contribution >= 4 is 5.91 Å². The number of amides is 1. The molecule has 0 radical (unpaired) electrons. The molecule has 0 aromatic heterocycles. The Morgan fingerprint density at radius 2 is 2.00 bits per heavy atom. The van der Waals surface area contributed by atoms with Crippen LogP contribution < -0.4 is 5.73 Å². The van der Waals surface area contributed by atoms with Gasteiger partial charge in [-0.05, 0) is 39.2 Å². The van der Waals surface area contributed by atoms with E-state index in [1.54, 1.807) is 0 Å². The molecule has 1 rings (SSSR count). The number of rotatable bonds is 6. The van der Waals surface area contributed by atoms with Crippen molar-refractivity contribution in [2.45, 2.75) is 46.1 Å². The molecule has 0 aliphatic carbocycles. The second-order valence-electron chi connectivity index (χ2n) is 5.53. The van der Waals surface area contributed by atoms with Crippen LogP contribution in [0.15, 0.2) is 0 Å². The molecule has 2 atom stereocenters. The van der Waals surface area contributed by atoms with E-state index in [0.29, 0.717) is 18.4 Å². The third-order valence-electron chi connectivity index (χ3n) is 3.75. The van der Waals surface area contributed by atoms with Crippen LogP contribution in [0.4, 0.5) is 0 Å². The zero-order chi connectivity index (χ0) is 13.5. The van der Waals surface area contributed by atoms with Crippen LogP contribution in [-0.4, -0.2) is 54.5 Å². The highest BCUT2D eigenvalue weighted by atomic mass is 16.2. The second kappa shape index (κ2) is 7.74. The largest absolute Gasteiger partial charge is 0.343 e. The van der Waals surface area contributed by atoms with Crippen molar-refractivity contribution in [3.63, 3.8) is 0 Å². The monoisotopic (exact) mass is 255 g/mol. The first kappa shape index (κ1) is 15.4. The number of hydrogen-bond acceptors (Lipinski definition) is 3. The van der Waals surface area contributed by atoms with Gasteiger partial charge in [0, 0.05) is 38.6 Å². The number of likely N-dealkylation sites (tertiary alicyclic amines) is 1. The van der Waals surface area contributed by atoms with E-state index in [9.17, 15) is 4.79 Å². The molecule has 0 aromatic carbocycles. The Morgan fingerprint density at radius 3 is 2.56 bits per heavy atom. The highest BCUT2D eigenvalue weighted by Gasteiger charge is 2.21. The van der Waals surface area contributed by atoms with E-state index < -0.39 is 0 Å². The maximum Gasteiger partial charge on any atom is 0.222 e. The van der Waals surface area contributed by atoms with Gasteiger partial charge in [-0.1, -0.05) is 6.92 Å². The molecule has 106 valence electrons. The Kier molecular flexibility index (Phi) is 6.65. The van der Waals surface area contributed by atoms with E-state index in [2.05, 4.69) is 11.8 Å². The van der Waals surface area contributed by atoms with Gasteiger partial charge < -0.3 is 15.5 Å². The quantitative estimate of drug-likeness (QED) is 0.778. The third-order valence-corrected chi connectivity index (χ3v) is 3.75. The smallest absolute Gasteiger partial charge is 0.222 e. The summed E-state index contributed by atoms with van der Waals surface area (Å²) < 4.78 is 0. The predicted octanol–water partition coefficient (Wildman–Crippen LogP) is 1.30. The summed E-state index contributed by atoms with van der Waals surface area (Å²) in [6.45, 7) is 11.1. The molecule has 2 N–H and O–H groups in total. The lowest BCUT2D eigenvalue weighted by molar-refractivity contribution is -0.131. The normalized spacial score (nSPS) is 25.1. The molecule has 1 saturated heterocycles. The summed E-state index contributed by atoms with van der Waals surface area (Å²) in [5, 5.41) is 0.